The summed E-state index contributed by atoms with van der Waals surface area (Å²) in [5.74, 6) is 1.08. The van der Waals surface area contributed by atoms with Gasteiger partial charge in [0.2, 0.25) is 0 Å². The van der Waals surface area contributed by atoms with Crippen LogP contribution in [-0.4, -0.2) is 15.3 Å². The highest BCUT2D eigenvalue weighted by Crippen LogP contribution is 2.28. The Morgan fingerprint density at radius 3 is 2.59 bits per heavy atom. The Morgan fingerprint density at radius 1 is 1.53 bits per heavy atom. The highest BCUT2D eigenvalue weighted by atomic mass is 79.9. The number of aromatic nitrogens is 2. The van der Waals surface area contributed by atoms with Crippen LogP contribution in [0.1, 0.15) is 26.5 Å². The normalized spacial score (nSPS) is 13.8. The van der Waals surface area contributed by atoms with E-state index in [2.05, 4.69) is 54.3 Å². The van der Waals surface area contributed by atoms with Crippen LogP contribution in [0.5, 0.6) is 0 Å². The minimum atomic E-state index is -0.0199. The Labute approximate surface area is 116 Å². The van der Waals surface area contributed by atoms with E-state index in [1.165, 1.54) is 0 Å². The van der Waals surface area contributed by atoms with Crippen molar-refractivity contribution in [2.45, 2.75) is 34.2 Å². The summed E-state index contributed by atoms with van der Waals surface area (Å²) < 4.78 is 2.20. The van der Waals surface area contributed by atoms with Crippen LogP contribution in [0.2, 0.25) is 0 Å². The summed E-state index contributed by atoms with van der Waals surface area (Å²) in [5.41, 5.74) is 0.830. The van der Waals surface area contributed by atoms with E-state index in [0.717, 1.165) is 11.4 Å². The Bertz CT molecular complexity index is 451. The fraction of sp³-hybridized carbons (Fsp3) is 0.667. The first-order valence-electron chi connectivity index (χ1n) is 5.59. The van der Waals surface area contributed by atoms with Crippen molar-refractivity contribution in [3.63, 3.8) is 0 Å². The maximum Gasteiger partial charge on any atom is 0.267 e. The second-order valence-electron chi connectivity index (χ2n) is 5.35. The molecule has 0 fully saturated rings. The van der Waals surface area contributed by atoms with Crippen LogP contribution in [0.25, 0.3) is 0 Å². The summed E-state index contributed by atoms with van der Waals surface area (Å²) in [7, 11) is 0. The van der Waals surface area contributed by atoms with Crippen molar-refractivity contribution in [3.8, 4) is 0 Å². The molecule has 5 heteroatoms. The van der Waals surface area contributed by atoms with Gasteiger partial charge in [0, 0.05) is 6.54 Å². The summed E-state index contributed by atoms with van der Waals surface area (Å²) >= 11 is 7.65. The van der Waals surface area contributed by atoms with Crippen molar-refractivity contribution < 1.29 is 0 Å². The number of thiol groups is 1. The molecular weight excluding hydrogens is 300 g/mol. The van der Waals surface area contributed by atoms with Gasteiger partial charge in [0.25, 0.3) is 5.56 Å². The van der Waals surface area contributed by atoms with Crippen LogP contribution < -0.4 is 5.56 Å². The van der Waals surface area contributed by atoms with Gasteiger partial charge in [-0.05, 0) is 39.9 Å². The molecule has 17 heavy (non-hydrogen) atoms. The molecule has 0 aliphatic heterocycles. The quantitative estimate of drug-likeness (QED) is 0.870. The van der Waals surface area contributed by atoms with Gasteiger partial charge in [-0.3, -0.25) is 9.36 Å². The first-order chi connectivity index (χ1) is 7.77. The predicted molar refractivity (Wildman–Crippen MR) is 77.7 cm³/mol. The highest BCUT2D eigenvalue weighted by molar-refractivity contribution is 9.10. The molecule has 0 bridgehead atoms. The molecule has 96 valence electrons. The van der Waals surface area contributed by atoms with E-state index in [0.29, 0.717) is 16.9 Å². The van der Waals surface area contributed by atoms with Crippen LogP contribution in [0.4, 0.5) is 0 Å². The highest BCUT2D eigenvalue weighted by Gasteiger charge is 2.24. The van der Waals surface area contributed by atoms with Gasteiger partial charge < -0.3 is 0 Å². The van der Waals surface area contributed by atoms with Crippen molar-refractivity contribution in [3.05, 3.63) is 26.8 Å². The van der Waals surface area contributed by atoms with E-state index in [9.17, 15) is 4.79 Å². The third-order valence-electron chi connectivity index (χ3n) is 3.02. The molecule has 0 aliphatic carbocycles. The molecular formula is C12H19BrN2OS. The molecule has 1 heterocycles. The molecule has 1 unspecified atom stereocenters. The topological polar surface area (TPSA) is 34.9 Å². The van der Waals surface area contributed by atoms with Crippen molar-refractivity contribution in [1.82, 2.24) is 9.55 Å². The lowest BCUT2D eigenvalue weighted by Crippen LogP contribution is -2.32. The number of rotatable bonds is 3. The van der Waals surface area contributed by atoms with Crippen LogP contribution in [0, 0.1) is 18.3 Å². The molecule has 1 atom stereocenters. The second-order valence-corrected chi connectivity index (χ2v) is 6.51. The van der Waals surface area contributed by atoms with E-state index < -0.39 is 0 Å². The van der Waals surface area contributed by atoms with E-state index >= 15 is 0 Å². The van der Waals surface area contributed by atoms with Crippen LogP contribution >= 0.6 is 28.6 Å². The molecule has 0 N–H and O–H groups in total. The van der Waals surface area contributed by atoms with E-state index in [1.807, 2.05) is 6.92 Å². The monoisotopic (exact) mass is 318 g/mol. The smallest absolute Gasteiger partial charge is 0.267 e. The third kappa shape index (κ3) is 3.58. The molecule has 3 nitrogen and oxygen atoms in total. The standard InChI is InChI=1S/C12H19BrN2OS/c1-8-10(13)11(16)15(7-14-8)5-9(6-17)12(2,3)4/h7,9,17H,5-6H2,1-4H3. The molecule has 0 amide bonds. The molecule has 0 saturated heterocycles. The molecule has 1 aromatic heterocycles. The molecule has 0 aliphatic rings. The van der Waals surface area contributed by atoms with Gasteiger partial charge in [-0.25, -0.2) is 4.98 Å². The van der Waals surface area contributed by atoms with Crippen molar-refractivity contribution in [2.75, 3.05) is 5.75 Å². The van der Waals surface area contributed by atoms with Gasteiger partial charge in [0.05, 0.1) is 12.0 Å². The first-order valence-corrected chi connectivity index (χ1v) is 7.02. The minimum Gasteiger partial charge on any atom is -0.298 e. The number of hydrogen-bond donors (Lipinski definition) is 1. The molecule has 0 radical (unpaired) electrons. The SMILES string of the molecule is Cc1ncn(CC(CS)C(C)(C)C)c(=O)c1Br. The predicted octanol–water partition coefficient (Wildman–Crippen LogP) is 2.91. The second kappa shape index (κ2) is 5.57. The maximum atomic E-state index is 12.0. The van der Waals surface area contributed by atoms with Crippen molar-refractivity contribution in [1.29, 1.82) is 0 Å². The first kappa shape index (κ1) is 14.8. The van der Waals surface area contributed by atoms with E-state index in [4.69, 9.17) is 0 Å². The zero-order chi connectivity index (χ0) is 13.2. The summed E-state index contributed by atoms with van der Waals surface area (Å²) in [4.78, 5) is 16.2. The fourth-order valence-electron chi connectivity index (χ4n) is 1.52. The lowest BCUT2D eigenvalue weighted by atomic mass is 9.82. The van der Waals surface area contributed by atoms with E-state index in [1.54, 1.807) is 10.9 Å². The van der Waals surface area contributed by atoms with Gasteiger partial charge in [-0.1, -0.05) is 20.8 Å². The summed E-state index contributed by atoms with van der Waals surface area (Å²) in [6.07, 6.45) is 1.62. The lowest BCUT2D eigenvalue weighted by molar-refractivity contribution is 0.235. The third-order valence-corrected chi connectivity index (χ3v) is 4.37. The number of aryl methyl sites for hydroxylation is 1. The molecule has 1 aromatic rings. The Balaban J connectivity index is 3.04. The van der Waals surface area contributed by atoms with Gasteiger partial charge in [-0.2, -0.15) is 12.6 Å². The van der Waals surface area contributed by atoms with Crippen LogP contribution in [-0.2, 0) is 6.54 Å². The number of hydrogen-bond acceptors (Lipinski definition) is 3. The van der Waals surface area contributed by atoms with Gasteiger partial charge in [-0.15, -0.1) is 0 Å². The zero-order valence-electron chi connectivity index (χ0n) is 10.7. The molecule has 0 spiro atoms. The number of nitrogens with zero attached hydrogens (tertiary/aromatic N) is 2. The van der Waals surface area contributed by atoms with Gasteiger partial charge in [0.1, 0.15) is 4.47 Å². The average Bonchev–Trinajstić information content (AvgIpc) is 2.23. The largest absolute Gasteiger partial charge is 0.298 e. The Kier molecular flexibility index (Phi) is 4.84. The van der Waals surface area contributed by atoms with Crippen LogP contribution in [0.15, 0.2) is 15.6 Å². The summed E-state index contributed by atoms with van der Waals surface area (Å²) in [6.45, 7) is 8.95. The van der Waals surface area contributed by atoms with Crippen molar-refractivity contribution in [2.24, 2.45) is 11.3 Å². The Morgan fingerprint density at radius 2 is 2.12 bits per heavy atom. The minimum absolute atomic E-state index is 0.0199. The summed E-state index contributed by atoms with van der Waals surface area (Å²) in [5, 5.41) is 0. The lowest BCUT2D eigenvalue weighted by Gasteiger charge is -2.29. The zero-order valence-corrected chi connectivity index (χ0v) is 13.2. The van der Waals surface area contributed by atoms with Gasteiger partial charge in [0.15, 0.2) is 0 Å². The Hall–Kier alpha value is -0.290. The molecule has 0 saturated carbocycles. The fourth-order valence-corrected chi connectivity index (χ4v) is 2.51. The van der Waals surface area contributed by atoms with E-state index in [-0.39, 0.29) is 11.0 Å². The van der Waals surface area contributed by atoms with Crippen molar-refractivity contribution >= 4 is 28.6 Å². The molecule has 1 rings (SSSR count). The maximum absolute atomic E-state index is 12.0. The summed E-state index contributed by atoms with van der Waals surface area (Å²) in [6, 6.07) is 0. The number of halogens is 1. The van der Waals surface area contributed by atoms with Crippen LogP contribution in [0.3, 0.4) is 0 Å². The van der Waals surface area contributed by atoms with Gasteiger partial charge >= 0.3 is 0 Å². The average molecular weight is 319 g/mol. The molecule has 0 aromatic carbocycles.